The highest BCUT2D eigenvalue weighted by Gasteiger charge is 2.29. The van der Waals surface area contributed by atoms with E-state index >= 15 is 0 Å². The van der Waals surface area contributed by atoms with Gasteiger partial charge in [0.15, 0.2) is 0 Å². The lowest BCUT2D eigenvalue weighted by atomic mass is 9.95. The Labute approximate surface area is 104 Å². The second-order valence-electron chi connectivity index (χ2n) is 5.76. The second kappa shape index (κ2) is 5.83. The highest BCUT2D eigenvalue weighted by molar-refractivity contribution is 5.79. The molecule has 0 spiro atoms. The van der Waals surface area contributed by atoms with Crippen LogP contribution in [0.3, 0.4) is 0 Å². The lowest BCUT2D eigenvalue weighted by Crippen LogP contribution is -2.42. The third-order valence-corrected chi connectivity index (χ3v) is 4.14. The number of carbonyl (C=O) groups is 1. The molecule has 2 rings (SSSR count). The number of hydrogen-bond acceptors (Lipinski definition) is 3. The highest BCUT2D eigenvalue weighted by Crippen LogP contribution is 2.17. The molecule has 0 radical (unpaired) electrons. The van der Waals surface area contributed by atoms with Crippen molar-refractivity contribution in [3.63, 3.8) is 0 Å². The fourth-order valence-electron chi connectivity index (χ4n) is 2.98. The van der Waals surface area contributed by atoms with Crippen molar-refractivity contribution >= 4 is 5.91 Å². The van der Waals surface area contributed by atoms with Crippen LogP contribution < -0.4 is 10.6 Å². The fraction of sp³-hybridized carbons (Fsp3) is 0.923. The summed E-state index contributed by atoms with van der Waals surface area (Å²) in [5, 5.41) is 6.42. The zero-order valence-electron chi connectivity index (χ0n) is 11.0. The van der Waals surface area contributed by atoms with Crippen molar-refractivity contribution in [2.75, 3.05) is 39.8 Å². The smallest absolute Gasteiger partial charge is 0.224 e. The molecule has 17 heavy (non-hydrogen) atoms. The van der Waals surface area contributed by atoms with Gasteiger partial charge < -0.3 is 15.5 Å². The molecule has 4 nitrogen and oxygen atoms in total. The average Bonchev–Trinajstić information content (AvgIpc) is 2.72. The van der Waals surface area contributed by atoms with E-state index in [9.17, 15) is 4.79 Å². The molecule has 0 aliphatic carbocycles. The minimum absolute atomic E-state index is 0.177. The van der Waals surface area contributed by atoms with E-state index < -0.39 is 0 Å². The fourth-order valence-corrected chi connectivity index (χ4v) is 2.98. The summed E-state index contributed by atoms with van der Waals surface area (Å²) in [6.45, 7) is 7.15. The number of carbonyl (C=O) groups excluding carboxylic acids is 1. The quantitative estimate of drug-likeness (QED) is 0.744. The first-order valence-electron chi connectivity index (χ1n) is 6.84. The molecule has 2 heterocycles. The van der Waals surface area contributed by atoms with Crippen molar-refractivity contribution in [3.8, 4) is 0 Å². The van der Waals surface area contributed by atoms with Crippen LogP contribution in [0.1, 0.15) is 19.8 Å². The summed E-state index contributed by atoms with van der Waals surface area (Å²) in [6, 6.07) is 0. The second-order valence-corrected chi connectivity index (χ2v) is 5.76. The van der Waals surface area contributed by atoms with Gasteiger partial charge in [-0.25, -0.2) is 0 Å². The van der Waals surface area contributed by atoms with Crippen molar-refractivity contribution in [3.05, 3.63) is 0 Å². The molecule has 1 unspecified atom stereocenters. The monoisotopic (exact) mass is 239 g/mol. The zero-order chi connectivity index (χ0) is 12.3. The number of likely N-dealkylation sites (tertiary alicyclic amines) is 1. The van der Waals surface area contributed by atoms with E-state index in [1.165, 1.54) is 19.4 Å². The molecule has 4 heteroatoms. The summed E-state index contributed by atoms with van der Waals surface area (Å²) in [5.41, 5.74) is 0. The van der Waals surface area contributed by atoms with Gasteiger partial charge in [0.2, 0.25) is 5.91 Å². The Bertz CT molecular complexity index is 269. The van der Waals surface area contributed by atoms with Crippen LogP contribution in [-0.4, -0.2) is 50.6 Å². The number of nitrogens with zero attached hydrogens (tertiary/aromatic N) is 1. The van der Waals surface area contributed by atoms with E-state index in [0.717, 1.165) is 26.2 Å². The predicted molar refractivity (Wildman–Crippen MR) is 68.8 cm³/mol. The third-order valence-electron chi connectivity index (χ3n) is 4.14. The maximum absolute atomic E-state index is 12.0. The van der Waals surface area contributed by atoms with E-state index in [1.807, 2.05) is 0 Å². The SMILES string of the molecule is C[C@@H]1CNC[C@H]1C(=O)NCC1CCCN(C)C1. The number of nitrogens with one attached hydrogen (secondary N) is 2. The van der Waals surface area contributed by atoms with Crippen LogP contribution in [-0.2, 0) is 4.79 Å². The first-order valence-corrected chi connectivity index (χ1v) is 6.84. The molecule has 2 fully saturated rings. The molecular weight excluding hydrogens is 214 g/mol. The zero-order valence-corrected chi connectivity index (χ0v) is 11.0. The van der Waals surface area contributed by atoms with Gasteiger partial charge in [-0.3, -0.25) is 4.79 Å². The molecule has 98 valence electrons. The normalized spacial score (nSPS) is 34.8. The minimum Gasteiger partial charge on any atom is -0.355 e. The maximum atomic E-state index is 12.0. The van der Waals surface area contributed by atoms with Crippen LogP contribution in [0.2, 0.25) is 0 Å². The Morgan fingerprint density at radius 1 is 1.47 bits per heavy atom. The molecule has 2 aliphatic heterocycles. The molecule has 2 N–H and O–H groups in total. The van der Waals surface area contributed by atoms with Crippen molar-refractivity contribution in [2.24, 2.45) is 17.8 Å². The first-order chi connectivity index (χ1) is 8.16. The topological polar surface area (TPSA) is 44.4 Å². The van der Waals surface area contributed by atoms with Crippen molar-refractivity contribution in [1.82, 2.24) is 15.5 Å². The molecule has 0 aromatic rings. The third kappa shape index (κ3) is 3.42. The van der Waals surface area contributed by atoms with Crippen LogP contribution in [0.5, 0.6) is 0 Å². The number of amides is 1. The summed E-state index contributed by atoms with van der Waals surface area (Å²) >= 11 is 0. The molecule has 0 aromatic heterocycles. The van der Waals surface area contributed by atoms with E-state index in [4.69, 9.17) is 0 Å². The predicted octanol–water partition coefficient (Wildman–Crippen LogP) is 0.300. The van der Waals surface area contributed by atoms with E-state index in [-0.39, 0.29) is 11.8 Å². The molecule has 2 aliphatic rings. The Balaban J connectivity index is 1.72. The summed E-state index contributed by atoms with van der Waals surface area (Å²) in [7, 11) is 2.16. The van der Waals surface area contributed by atoms with Crippen LogP contribution >= 0.6 is 0 Å². The highest BCUT2D eigenvalue weighted by atomic mass is 16.1. The van der Waals surface area contributed by atoms with Gasteiger partial charge >= 0.3 is 0 Å². The van der Waals surface area contributed by atoms with Gasteiger partial charge in [-0.1, -0.05) is 6.92 Å². The molecular formula is C13H25N3O. The van der Waals surface area contributed by atoms with Gasteiger partial charge in [-0.2, -0.15) is 0 Å². The average molecular weight is 239 g/mol. The van der Waals surface area contributed by atoms with Gasteiger partial charge in [0, 0.05) is 19.6 Å². The van der Waals surface area contributed by atoms with Gasteiger partial charge in [-0.15, -0.1) is 0 Å². The van der Waals surface area contributed by atoms with Crippen molar-refractivity contribution in [2.45, 2.75) is 19.8 Å². The molecule has 1 amide bonds. The molecule has 0 saturated carbocycles. The first kappa shape index (κ1) is 12.8. The molecule has 3 atom stereocenters. The van der Waals surface area contributed by atoms with Gasteiger partial charge in [0.1, 0.15) is 0 Å². The van der Waals surface area contributed by atoms with Crippen molar-refractivity contribution in [1.29, 1.82) is 0 Å². The van der Waals surface area contributed by atoms with Crippen LogP contribution in [0.15, 0.2) is 0 Å². The molecule has 0 bridgehead atoms. The van der Waals surface area contributed by atoms with Gasteiger partial charge in [0.25, 0.3) is 0 Å². The Kier molecular flexibility index (Phi) is 4.40. The van der Waals surface area contributed by atoms with Gasteiger partial charge in [-0.05, 0) is 44.8 Å². The Hall–Kier alpha value is -0.610. The summed E-state index contributed by atoms with van der Waals surface area (Å²) in [5.74, 6) is 1.54. The lowest BCUT2D eigenvalue weighted by molar-refractivity contribution is -0.125. The van der Waals surface area contributed by atoms with E-state index in [1.54, 1.807) is 0 Å². The van der Waals surface area contributed by atoms with Crippen LogP contribution in [0.4, 0.5) is 0 Å². The lowest BCUT2D eigenvalue weighted by Gasteiger charge is -2.30. The molecule has 2 saturated heterocycles. The standard InChI is InChI=1S/C13H25N3O/c1-10-6-14-8-12(10)13(17)15-7-11-4-3-5-16(2)9-11/h10-12,14H,3-9H2,1-2H3,(H,15,17)/t10-,11?,12-/m1/s1. The Morgan fingerprint density at radius 3 is 2.94 bits per heavy atom. The van der Waals surface area contributed by atoms with Crippen LogP contribution in [0, 0.1) is 17.8 Å². The van der Waals surface area contributed by atoms with E-state index in [2.05, 4.69) is 29.5 Å². The van der Waals surface area contributed by atoms with Crippen LogP contribution in [0.25, 0.3) is 0 Å². The molecule has 0 aromatic carbocycles. The largest absolute Gasteiger partial charge is 0.355 e. The maximum Gasteiger partial charge on any atom is 0.224 e. The summed E-state index contributed by atoms with van der Waals surface area (Å²) in [4.78, 5) is 14.4. The summed E-state index contributed by atoms with van der Waals surface area (Å²) in [6.07, 6.45) is 2.52. The number of hydrogen-bond donors (Lipinski definition) is 2. The number of piperidine rings is 1. The summed E-state index contributed by atoms with van der Waals surface area (Å²) < 4.78 is 0. The van der Waals surface area contributed by atoms with E-state index in [0.29, 0.717) is 11.8 Å². The minimum atomic E-state index is 0.177. The number of rotatable bonds is 3. The van der Waals surface area contributed by atoms with Gasteiger partial charge in [0.05, 0.1) is 5.92 Å². The van der Waals surface area contributed by atoms with Crippen molar-refractivity contribution < 1.29 is 4.79 Å². The Morgan fingerprint density at radius 2 is 2.29 bits per heavy atom.